The van der Waals surface area contributed by atoms with Crippen molar-refractivity contribution in [1.29, 1.82) is 0 Å². The zero-order chi connectivity index (χ0) is 19.6. The Bertz CT molecular complexity index is 894. The summed E-state index contributed by atoms with van der Waals surface area (Å²) < 4.78 is 0. The van der Waals surface area contributed by atoms with Crippen LogP contribution in [0.5, 0.6) is 0 Å². The zero-order valence-electron chi connectivity index (χ0n) is 15.7. The Morgan fingerprint density at radius 1 is 1.15 bits per heavy atom. The molecule has 27 heavy (non-hydrogen) atoms. The van der Waals surface area contributed by atoms with Gasteiger partial charge in [-0.05, 0) is 37.6 Å². The topological polar surface area (TPSA) is 69.7 Å². The predicted molar refractivity (Wildman–Crippen MR) is 105 cm³/mol. The van der Waals surface area contributed by atoms with Gasteiger partial charge in [-0.25, -0.2) is 0 Å². The standard InChI is InChI=1S/C21H23N3O3/c1-14-8-4-5-9-16(14)21(27)23(3)13-20(26)24-15(2)12-19(25)22-17-10-6-7-11-18(17)24/h4-11,15H,12-13H2,1-3H3,(H,22,25)/t15-/m0/s1. The lowest BCUT2D eigenvalue weighted by molar-refractivity contribution is -0.119. The fourth-order valence-electron chi connectivity index (χ4n) is 3.34. The van der Waals surface area contributed by atoms with Crippen LogP contribution in [0.15, 0.2) is 48.5 Å². The molecule has 2 aromatic carbocycles. The molecule has 3 amide bonds. The summed E-state index contributed by atoms with van der Waals surface area (Å²) in [4.78, 5) is 40.9. The van der Waals surface area contributed by atoms with Crippen molar-refractivity contribution in [3.63, 3.8) is 0 Å². The number of carbonyl (C=O) groups is 3. The van der Waals surface area contributed by atoms with E-state index in [9.17, 15) is 14.4 Å². The number of carbonyl (C=O) groups excluding carboxylic acids is 3. The monoisotopic (exact) mass is 365 g/mol. The minimum absolute atomic E-state index is 0.0694. The van der Waals surface area contributed by atoms with Crippen LogP contribution in [0.4, 0.5) is 11.4 Å². The molecule has 1 atom stereocenters. The molecule has 0 bridgehead atoms. The van der Waals surface area contributed by atoms with E-state index >= 15 is 0 Å². The first-order chi connectivity index (χ1) is 12.9. The van der Waals surface area contributed by atoms with Crippen LogP contribution in [0.1, 0.15) is 29.3 Å². The molecule has 0 aromatic heterocycles. The van der Waals surface area contributed by atoms with E-state index < -0.39 is 0 Å². The number of amides is 3. The first-order valence-corrected chi connectivity index (χ1v) is 8.90. The minimum atomic E-state index is -0.303. The van der Waals surface area contributed by atoms with Gasteiger partial charge in [0.1, 0.15) is 6.54 Å². The third-order valence-electron chi connectivity index (χ3n) is 4.72. The number of aryl methyl sites for hydroxylation is 1. The summed E-state index contributed by atoms with van der Waals surface area (Å²) in [7, 11) is 1.62. The van der Waals surface area contributed by atoms with E-state index in [4.69, 9.17) is 0 Å². The normalized spacial score (nSPS) is 16.2. The van der Waals surface area contributed by atoms with Crippen molar-refractivity contribution in [3.8, 4) is 0 Å². The Labute approximate surface area is 158 Å². The highest BCUT2D eigenvalue weighted by atomic mass is 16.2. The molecule has 3 rings (SSSR count). The van der Waals surface area contributed by atoms with Crippen molar-refractivity contribution in [2.75, 3.05) is 23.8 Å². The molecule has 0 radical (unpaired) electrons. The summed E-state index contributed by atoms with van der Waals surface area (Å²) in [6.45, 7) is 3.63. The second-order valence-corrected chi connectivity index (χ2v) is 6.86. The van der Waals surface area contributed by atoms with Crippen LogP contribution < -0.4 is 10.2 Å². The van der Waals surface area contributed by atoms with E-state index in [1.54, 1.807) is 36.2 Å². The molecular weight excluding hydrogens is 342 g/mol. The number of para-hydroxylation sites is 2. The Hall–Kier alpha value is -3.15. The van der Waals surface area contributed by atoms with Crippen LogP contribution in [0.25, 0.3) is 0 Å². The maximum Gasteiger partial charge on any atom is 0.254 e. The molecule has 140 valence electrons. The lowest BCUT2D eigenvalue weighted by Gasteiger charge is -2.30. The maximum absolute atomic E-state index is 13.1. The number of nitrogens with zero attached hydrogens (tertiary/aromatic N) is 2. The van der Waals surface area contributed by atoms with Gasteiger partial charge in [-0.15, -0.1) is 0 Å². The van der Waals surface area contributed by atoms with E-state index in [-0.39, 0.29) is 36.7 Å². The average Bonchev–Trinajstić information content (AvgIpc) is 2.75. The second kappa shape index (κ2) is 7.61. The van der Waals surface area contributed by atoms with Crippen molar-refractivity contribution in [2.24, 2.45) is 0 Å². The fraction of sp³-hybridized carbons (Fsp3) is 0.286. The summed E-state index contributed by atoms with van der Waals surface area (Å²) in [5.74, 6) is -0.558. The molecule has 1 N–H and O–H groups in total. The highest BCUT2D eigenvalue weighted by molar-refractivity contribution is 6.06. The first-order valence-electron chi connectivity index (χ1n) is 8.90. The zero-order valence-corrected chi connectivity index (χ0v) is 15.7. The first kappa shape index (κ1) is 18.6. The Morgan fingerprint density at radius 3 is 2.56 bits per heavy atom. The molecule has 0 unspecified atom stereocenters. The summed E-state index contributed by atoms with van der Waals surface area (Å²) in [5, 5.41) is 2.83. The lowest BCUT2D eigenvalue weighted by Crippen LogP contribution is -2.45. The summed E-state index contributed by atoms with van der Waals surface area (Å²) in [6, 6.07) is 14.2. The highest BCUT2D eigenvalue weighted by Gasteiger charge is 2.30. The van der Waals surface area contributed by atoms with Gasteiger partial charge < -0.3 is 15.1 Å². The Kier molecular flexibility index (Phi) is 5.26. The van der Waals surface area contributed by atoms with Crippen LogP contribution in [0.3, 0.4) is 0 Å². The molecule has 0 saturated carbocycles. The predicted octanol–water partition coefficient (Wildman–Crippen LogP) is 2.83. The van der Waals surface area contributed by atoms with Crippen LogP contribution in [0.2, 0.25) is 0 Å². The largest absolute Gasteiger partial charge is 0.332 e. The SMILES string of the molecule is Cc1ccccc1C(=O)N(C)CC(=O)N1c2ccccc2NC(=O)C[C@@H]1C. The smallest absolute Gasteiger partial charge is 0.254 e. The van der Waals surface area contributed by atoms with Crippen LogP contribution in [-0.4, -0.2) is 42.3 Å². The molecule has 1 aliphatic rings. The lowest BCUT2D eigenvalue weighted by atomic mass is 10.1. The van der Waals surface area contributed by atoms with Gasteiger partial charge >= 0.3 is 0 Å². The highest BCUT2D eigenvalue weighted by Crippen LogP contribution is 2.31. The Morgan fingerprint density at radius 2 is 1.81 bits per heavy atom. The van der Waals surface area contributed by atoms with Crippen LogP contribution in [-0.2, 0) is 9.59 Å². The van der Waals surface area contributed by atoms with Gasteiger partial charge in [-0.1, -0.05) is 30.3 Å². The summed E-state index contributed by atoms with van der Waals surface area (Å²) in [5.41, 5.74) is 2.70. The van der Waals surface area contributed by atoms with E-state index in [1.807, 2.05) is 38.1 Å². The minimum Gasteiger partial charge on any atom is -0.332 e. The van der Waals surface area contributed by atoms with Gasteiger partial charge in [0, 0.05) is 25.1 Å². The molecule has 0 fully saturated rings. The van der Waals surface area contributed by atoms with Gasteiger partial charge in [0.05, 0.1) is 11.4 Å². The number of hydrogen-bond donors (Lipinski definition) is 1. The molecule has 1 heterocycles. The number of rotatable bonds is 3. The van der Waals surface area contributed by atoms with Gasteiger partial charge in [0.25, 0.3) is 5.91 Å². The van der Waals surface area contributed by atoms with Crippen molar-refractivity contribution < 1.29 is 14.4 Å². The molecule has 0 saturated heterocycles. The number of anilines is 2. The molecule has 2 aromatic rings. The quantitative estimate of drug-likeness (QED) is 0.909. The molecule has 0 aliphatic carbocycles. The van der Waals surface area contributed by atoms with Gasteiger partial charge in [-0.2, -0.15) is 0 Å². The molecule has 1 aliphatic heterocycles. The van der Waals surface area contributed by atoms with E-state index in [0.29, 0.717) is 16.9 Å². The van der Waals surface area contributed by atoms with Crippen molar-refractivity contribution in [1.82, 2.24) is 4.90 Å². The third kappa shape index (κ3) is 3.84. The number of fused-ring (bicyclic) bond motifs is 1. The summed E-state index contributed by atoms with van der Waals surface area (Å²) >= 11 is 0. The number of likely N-dealkylation sites (N-methyl/N-ethyl adjacent to an activating group) is 1. The van der Waals surface area contributed by atoms with Crippen molar-refractivity contribution >= 4 is 29.1 Å². The summed E-state index contributed by atoms with van der Waals surface area (Å²) in [6.07, 6.45) is 0.204. The average molecular weight is 365 g/mol. The molecular formula is C21H23N3O3. The number of benzene rings is 2. The second-order valence-electron chi connectivity index (χ2n) is 6.86. The van der Waals surface area contributed by atoms with Gasteiger partial charge in [-0.3, -0.25) is 14.4 Å². The van der Waals surface area contributed by atoms with Crippen LogP contribution >= 0.6 is 0 Å². The van der Waals surface area contributed by atoms with E-state index in [1.165, 1.54) is 4.90 Å². The Balaban J connectivity index is 1.83. The molecule has 6 heteroatoms. The third-order valence-corrected chi connectivity index (χ3v) is 4.72. The van der Waals surface area contributed by atoms with Gasteiger partial charge in [0.2, 0.25) is 11.8 Å². The van der Waals surface area contributed by atoms with Crippen molar-refractivity contribution in [2.45, 2.75) is 26.3 Å². The molecule has 6 nitrogen and oxygen atoms in total. The van der Waals surface area contributed by atoms with Crippen molar-refractivity contribution in [3.05, 3.63) is 59.7 Å². The number of hydrogen-bond acceptors (Lipinski definition) is 3. The van der Waals surface area contributed by atoms with Crippen LogP contribution in [0, 0.1) is 6.92 Å². The molecule has 0 spiro atoms. The van der Waals surface area contributed by atoms with Gasteiger partial charge in [0.15, 0.2) is 0 Å². The van der Waals surface area contributed by atoms with E-state index in [0.717, 1.165) is 5.56 Å². The van der Waals surface area contributed by atoms with E-state index in [2.05, 4.69) is 5.32 Å². The number of nitrogens with one attached hydrogen (secondary N) is 1. The fourth-order valence-corrected chi connectivity index (χ4v) is 3.34. The maximum atomic E-state index is 13.1.